The average Bonchev–Trinajstić information content (AvgIpc) is 3.49. The van der Waals surface area contributed by atoms with Crippen LogP contribution in [0, 0.1) is 5.92 Å². The maximum absolute atomic E-state index is 12.9. The molecule has 5 atom stereocenters. The molecule has 1 aliphatic heterocycles. The lowest BCUT2D eigenvalue weighted by molar-refractivity contribution is -0.143. The first-order chi connectivity index (χ1) is 16.6. The van der Waals surface area contributed by atoms with Crippen molar-refractivity contribution >= 4 is 34.6 Å². The molecular formula is C25H35N5O5. The molecule has 0 bridgehead atoms. The summed E-state index contributed by atoms with van der Waals surface area (Å²) < 4.78 is 0. The maximum Gasteiger partial charge on any atom is 0.326 e. The topological polar surface area (TPSA) is 158 Å². The molecule has 3 rings (SSSR count). The summed E-state index contributed by atoms with van der Waals surface area (Å²) in [5, 5.41) is 15.7. The fraction of sp³-hybridized carbons (Fsp3) is 0.520. The van der Waals surface area contributed by atoms with Gasteiger partial charge >= 0.3 is 5.97 Å². The SMILES string of the molecule is CCC(C)C(N)C(=O)N1CCCC1C(=O)NC(C)C(=O)NC(Cc1c[nH]c2ccccc12)C(=O)O. The first-order valence-corrected chi connectivity index (χ1v) is 12.1. The number of amides is 3. The van der Waals surface area contributed by atoms with Gasteiger partial charge in [0, 0.05) is 30.1 Å². The summed E-state index contributed by atoms with van der Waals surface area (Å²) in [5.41, 5.74) is 7.73. The van der Waals surface area contributed by atoms with Gasteiger partial charge in [-0.1, -0.05) is 38.5 Å². The van der Waals surface area contributed by atoms with Crippen LogP contribution in [0.4, 0.5) is 0 Å². The number of nitrogens with zero attached hydrogens (tertiary/aromatic N) is 1. The molecule has 35 heavy (non-hydrogen) atoms. The number of carbonyl (C=O) groups is 4. The third kappa shape index (κ3) is 6.00. The van der Waals surface area contributed by atoms with Gasteiger partial charge in [-0.05, 0) is 37.3 Å². The highest BCUT2D eigenvalue weighted by Crippen LogP contribution is 2.21. The summed E-state index contributed by atoms with van der Waals surface area (Å²) in [4.78, 5) is 54.9. The van der Waals surface area contributed by atoms with Gasteiger partial charge in [0.25, 0.3) is 0 Å². The highest BCUT2D eigenvalue weighted by Gasteiger charge is 2.38. The van der Waals surface area contributed by atoms with Gasteiger partial charge in [-0.2, -0.15) is 0 Å². The molecule has 190 valence electrons. The lowest BCUT2D eigenvalue weighted by Crippen LogP contribution is -2.56. The van der Waals surface area contributed by atoms with Crippen molar-refractivity contribution in [2.24, 2.45) is 11.7 Å². The van der Waals surface area contributed by atoms with E-state index in [2.05, 4.69) is 15.6 Å². The van der Waals surface area contributed by atoms with Crippen molar-refractivity contribution in [3.63, 3.8) is 0 Å². The number of benzene rings is 1. The Hall–Kier alpha value is -3.40. The monoisotopic (exact) mass is 485 g/mol. The van der Waals surface area contributed by atoms with E-state index in [9.17, 15) is 24.3 Å². The molecule has 0 aliphatic carbocycles. The first-order valence-electron chi connectivity index (χ1n) is 12.1. The zero-order chi connectivity index (χ0) is 25.7. The Kier molecular flexibility index (Phi) is 8.50. The summed E-state index contributed by atoms with van der Waals surface area (Å²) in [6.07, 6.45) is 3.72. The Labute approximate surface area is 204 Å². The Morgan fingerprint density at radius 3 is 2.60 bits per heavy atom. The van der Waals surface area contributed by atoms with Crippen molar-refractivity contribution in [1.29, 1.82) is 0 Å². The average molecular weight is 486 g/mol. The molecule has 1 aromatic heterocycles. The van der Waals surface area contributed by atoms with E-state index >= 15 is 0 Å². The lowest BCUT2D eigenvalue weighted by atomic mass is 9.98. The van der Waals surface area contributed by atoms with E-state index in [1.54, 1.807) is 6.20 Å². The molecule has 0 saturated carbocycles. The van der Waals surface area contributed by atoms with Crippen LogP contribution in [0.2, 0.25) is 0 Å². The van der Waals surface area contributed by atoms with Crippen LogP contribution in [0.25, 0.3) is 10.9 Å². The molecule has 2 heterocycles. The van der Waals surface area contributed by atoms with E-state index in [1.807, 2.05) is 38.1 Å². The fourth-order valence-electron chi connectivity index (χ4n) is 4.38. The number of H-pyrrole nitrogens is 1. The molecule has 0 radical (unpaired) electrons. The van der Waals surface area contributed by atoms with Gasteiger partial charge in [0.05, 0.1) is 6.04 Å². The molecule has 1 aromatic carbocycles. The highest BCUT2D eigenvalue weighted by molar-refractivity contribution is 5.94. The van der Waals surface area contributed by atoms with Gasteiger partial charge in [-0.3, -0.25) is 14.4 Å². The van der Waals surface area contributed by atoms with E-state index in [0.717, 1.165) is 22.9 Å². The number of hydrogen-bond donors (Lipinski definition) is 5. The first kappa shape index (κ1) is 26.2. The minimum Gasteiger partial charge on any atom is -0.480 e. The minimum absolute atomic E-state index is 0.0124. The molecule has 1 fully saturated rings. The number of hydrogen-bond acceptors (Lipinski definition) is 5. The van der Waals surface area contributed by atoms with Crippen LogP contribution >= 0.6 is 0 Å². The number of aromatic amines is 1. The number of carbonyl (C=O) groups excluding carboxylic acids is 3. The fourth-order valence-corrected chi connectivity index (χ4v) is 4.38. The molecule has 6 N–H and O–H groups in total. The van der Waals surface area contributed by atoms with Crippen molar-refractivity contribution in [2.45, 2.75) is 70.6 Å². The summed E-state index contributed by atoms with van der Waals surface area (Å²) >= 11 is 0. The second-order valence-corrected chi connectivity index (χ2v) is 9.29. The van der Waals surface area contributed by atoms with Crippen LogP contribution in [-0.2, 0) is 25.6 Å². The highest BCUT2D eigenvalue weighted by atomic mass is 16.4. The van der Waals surface area contributed by atoms with Crippen LogP contribution in [-0.4, -0.2) is 69.4 Å². The zero-order valence-electron chi connectivity index (χ0n) is 20.4. The zero-order valence-corrected chi connectivity index (χ0v) is 20.4. The molecule has 10 nitrogen and oxygen atoms in total. The van der Waals surface area contributed by atoms with Crippen LogP contribution in [0.1, 0.15) is 45.6 Å². The minimum atomic E-state index is -1.17. The summed E-state index contributed by atoms with van der Waals surface area (Å²) in [5.74, 6) is -2.51. The van der Waals surface area contributed by atoms with Crippen molar-refractivity contribution in [2.75, 3.05) is 6.54 Å². The van der Waals surface area contributed by atoms with Crippen molar-refractivity contribution in [3.8, 4) is 0 Å². The summed E-state index contributed by atoms with van der Waals surface area (Å²) in [7, 11) is 0. The largest absolute Gasteiger partial charge is 0.480 e. The number of carboxylic acid groups (broad SMARTS) is 1. The van der Waals surface area contributed by atoms with Crippen LogP contribution in [0.5, 0.6) is 0 Å². The number of likely N-dealkylation sites (tertiary alicyclic amines) is 1. The van der Waals surface area contributed by atoms with E-state index in [1.165, 1.54) is 11.8 Å². The number of aliphatic carboxylic acids is 1. The second-order valence-electron chi connectivity index (χ2n) is 9.29. The van der Waals surface area contributed by atoms with Crippen molar-refractivity contribution in [3.05, 3.63) is 36.0 Å². The van der Waals surface area contributed by atoms with Crippen LogP contribution in [0.3, 0.4) is 0 Å². The molecule has 1 saturated heterocycles. The third-order valence-corrected chi connectivity index (χ3v) is 6.85. The second kappa shape index (κ2) is 11.4. The van der Waals surface area contributed by atoms with Gasteiger partial charge in [0.15, 0.2) is 0 Å². The van der Waals surface area contributed by atoms with Crippen LogP contribution < -0.4 is 16.4 Å². The van der Waals surface area contributed by atoms with E-state index in [4.69, 9.17) is 5.73 Å². The lowest BCUT2D eigenvalue weighted by Gasteiger charge is -2.29. The Bertz CT molecular complexity index is 1080. The normalized spacial score (nSPS) is 19.1. The molecule has 2 aromatic rings. The predicted molar refractivity (Wildman–Crippen MR) is 131 cm³/mol. The number of carboxylic acids is 1. The van der Waals surface area contributed by atoms with Crippen molar-refractivity contribution in [1.82, 2.24) is 20.5 Å². The Morgan fingerprint density at radius 1 is 1.20 bits per heavy atom. The van der Waals surface area contributed by atoms with Gasteiger partial charge in [0.1, 0.15) is 18.1 Å². The molecule has 1 aliphatic rings. The number of fused-ring (bicyclic) bond motifs is 1. The number of nitrogens with one attached hydrogen (secondary N) is 3. The summed E-state index contributed by atoms with van der Waals surface area (Å²) in [6.45, 7) is 5.78. The predicted octanol–water partition coefficient (Wildman–Crippen LogP) is 1.15. The number of rotatable bonds is 10. The van der Waals surface area contributed by atoms with Gasteiger partial charge in [-0.15, -0.1) is 0 Å². The Balaban J connectivity index is 1.61. The smallest absolute Gasteiger partial charge is 0.326 e. The van der Waals surface area contributed by atoms with Crippen molar-refractivity contribution < 1.29 is 24.3 Å². The Morgan fingerprint density at radius 2 is 1.91 bits per heavy atom. The van der Waals surface area contributed by atoms with Gasteiger partial charge in [-0.25, -0.2) is 4.79 Å². The maximum atomic E-state index is 12.9. The number of aromatic nitrogens is 1. The number of nitrogens with two attached hydrogens (primary N) is 1. The third-order valence-electron chi connectivity index (χ3n) is 6.85. The van der Waals surface area contributed by atoms with E-state index < -0.39 is 42.0 Å². The van der Waals surface area contributed by atoms with Gasteiger partial charge < -0.3 is 31.4 Å². The van der Waals surface area contributed by atoms with E-state index in [-0.39, 0.29) is 18.2 Å². The molecule has 3 amide bonds. The standard InChI is InChI=1S/C25H35N5O5/c1-4-14(2)21(26)24(33)30-11-7-10-20(30)23(32)28-15(3)22(31)29-19(25(34)35)12-16-13-27-18-9-6-5-8-17(16)18/h5-6,8-9,13-15,19-21,27H,4,7,10-12,26H2,1-3H3,(H,28,32)(H,29,31)(H,34,35). The van der Waals surface area contributed by atoms with E-state index in [0.29, 0.717) is 19.4 Å². The number of para-hydroxylation sites is 1. The quantitative estimate of drug-likeness (QED) is 0.340. The van der Waals surface area contributed by atoms with Gasteiger partial charge in [0.2, 0.25) is 17.7 Å². The molecule has 5 unspecified atom stereocenters. The van der Waals surface area contributed by atoms with Crippen LogP contribution in [0.15, 0.2) is 30.5 Å². The molecule has 10 heteroatoms. The summed E-state index contributed by atoms with van der Waals surface area (Å²) in [6, 6.07) is 3.97. The molecular weight excluding hydrogens is 450 g/mol. The molecule has 0 spiro atoms.